The topological polar surface area (TPSA) is 65.4 Å². The van der Waals surface area contributed by atoms with Crippen LogP contribution in [0.2, 0.25) is 0 Å². The molecule has 1 atom stereocenters. The molecule has 6 heteroatoms. The van der Waals surface area contributed by atoms with E-state index in [1.54, 1.807) is 18.6 Å². The molecule has 6 nitrogen and oxygen atoms in total. The minimum Gasteiger partial charge on any atom is -0.490 e. The third-order valence-corrected chi connectivity index (χ3v) is 4.02. The summed E-state index contributed by atoms with van der Waals surface area (Å²) in [5.74, 6) is 0.503. The first kappa shape index (κ1) is 16.5. The van der Waals surface area contributed by atoms with Gasteiger partial charge in [0.2, 0.25) is 0 Å². The number of carbonyl (C=O) groups is 1. The van der Waals surface area contributed by atoms with Gasteiger partial charge in [0, 0.05) is 32.1 Å². The Morgan fingerprint density at radius 3 is 3.12 bits per heavy atom. The van der Waals surface area contributed by atoms with E-state index in [1.807, 2.05) is 29.0 Å². The van der Waals surface area contributed by atoms with E-state index in [9.17, 15) is 4.79 Å². The molecule has 1 saturated heterocycles. The van der Waals surface area contributed by atoms with E-state index in [-0.39, 0.29) is 12.0 Å². The zero-order valence-electron chi connectivity index (χ0n) is 13.7. The van der Waals surface area contributed by atoms with Crippen molar-refractivity contribution < 1.29 is 14.3 Å². The maximum atomic E-state index is 12.4. The highest BCUT2D eigenvalue weighted by atomic mass is 16.5. The predicted octanol–water partition coefficient (Wildman–Crippen LogP) is 2.26. The molecule has 1 aliphatic heterocycles. The number of ether oxygens (including phenoxy) is 2. The number of aromatic nitrogens is 2. The highest BCUT2D eigenvalue weighted by Crippen LogP contribution is 2.20. The summed E-state index contributed by atoms with van der Waals surface area (Å²) >= 11 is 0. The van der Waals surface area contributed by atoms with Crippen LogP contribution in [0.15, 0.2) is 43.0 Å². The predicted molar refractivity (Wildman–Crippen MR) is 90.1 cm³/mol. The van der Waals surface area contributed by atoms with Crippen LogP contribution in [0, 0.1) is 0 Å². The molecule has 0 spiro atoms. The molecule has 1 aliphatic rings. The minimum absolute atomic E-state index is 0.108. The second-order valence-electron chi connectivity index (χ2n) is 5.85. The number of amides is 1. The van der Waals surface area contributed by atoms with Gasteiger partial charge in [-0.2, -0.15) is 0 Å². The Kier molecular flexibility index (Phi) is 5.85. The molecule has 2 aromatic rings. The molecule has 1 amide bonds. The number of aryl methyl sites for hydroxylation is 1. The van der Waals surface area contributed by atoms with Gasteiger partial charge in [-0.25, -0.2) is 4.98 Å². The Bertz CT molecular complexity index is 637. The van der Waals surface area contributed by atoms with Crippen LogP contribution in [-0.4, -0.2) is 41.3 Å². The van der Waals surface area contributed by atoms with Crippen molar-refractivity contribution in [3.63, 3.8) is 0 Å². The molecule has 1 unspecified atom stereocenters. The number of para-hydroxylation sites is 1. The number of hydrogen-bond donors (Lipinski definition) is 1. The van der Waals surface area contributed by atoms with E-state index in [0.717, 1.165) is 32.4 Å². The lowest BCUT2D eigenvalue weighted by Crippen LogP contribution is -2.26. The van der Waals surface area contributed by atoms with E-state index in [4.69, 9.17) is 9.47 Å². The van der Waals surface area contributed by atoms with Crippen LogP contribution in [0.25, 0.3) is 0 Å². The van der Waals surface area contributed by atoms with Crippen molar-refractivity contribution in [2.45, 2.75) is 31.9 Å². The lowest BCUT2D eigenvalue weighted by Gasteiger charge is -2.14. The van der Waals surface area contributed by atoms with Gasteiger partial charge in [0.05, 0.1) is 18.0 Å². The van der Waals surface area contributed by atoms with Gasteiger partial charge in [0.15, 0.2) is 0 Å². The van der Waals surface area contributed by atoms with Crippen molar-refractivity contribution in [2.24, 2.45) is 0 Å². The average molecular weight is 329 g/mol. The third kappa shape index (κ3) is 4.58. The number of carbonyl (C=O) groups excluding carboxylic acids is 1. The molecule has 1 N–H and O–H groups in total. The Balaban J connectivity index is 1.48. The van der Waals surface area contributed by atoms with Gasteiger partial charge in [-0.1, -0.05) is 12.1 Å². The van der Waals surface area contributed by atoms with Crippen LogP contribution < -0.4 is 10.1 Å². The fourth-order valence-corrected chi connectivity index (χ4v) is 2.72. The third-order valence-electron chi connectivity index (χ3n) is 4.02. The lowest BCUT2D eigenvalue weighted by molar-refractivity contribution is 0.0670. The van der Waals surface area contributed by atoms with Crippen LogP contribution >= 0.6 is 0 Å². The van der Waals surface area contributed by atoms with Crippen molar-refractivity contribution in [3.05, 3.63) is 48.5 Å². The number of imidazole rings is 1. The molecular weight excluding hydrogens is 306 g/mol. The maximum Gasteiger partial charge on any atom is 0.255 e. The molecular formula is C18H23N3O3. The first-order valence-electron chi connectivity index (χ1n) is 8.40. The SMILES string of the molecule is O=C(NCCCn1ccnc1)c1ccccc1OCC1CCCO1. The fraction of sp³-hybridized carbons (Fsp3) is 0.444. The molecule has 0 aliphatic carbocycles. The molecule has 0 radical (unpaired) electrons. The van der Waals surface area contributed by atoms with Gasteiger partial charge in [0.1, 0.15) is 12.4 Å². The Hall–Kier alpha value is -2.34. The van der Waals surface area contributed by atoms with Gasteiger partial charge >= 0.3 is 0 Å². The van der Waals surface area contributed by atoms with E-state index in [1.165, 1.54) is 0 Å². The summed E-state index contributed by atoms with van der Waals surface area (Å²) in [6.45, 7) is 2.73. The zero-order valence-corrected chi connectivity index (χ0v) is 13.7. The van der Waals surface area contributed by atoms with Crippen LogP contribution in [0.3, 0.4) is 0 Å². The zero-order chi connectivity index (χ0) is 16.6. The molecule has 1 fully saturated rings. The smallest absolute Gasteiger partial charge is 0.255 e. The molecule has 24 heavy (non-hydrogen) atoms. The first-order valence-corrected chi connectivity index (χ1v) is 8.40. The highest BCUT2D eigenvalue weighted by Gasteiger charge is 2.18. The summed E-state index contributed by atoms with van der Waals surface area (Å²) < 4.78 is 13.4. The van der Waals surface area contributed by atoms with Gasteiger partial charge < -0.3 is 19.4 Å². The molecule has 0 bridgehead atoms. The van der Waals surface area contributed by atoms with Crippen molar-refractivity contribution in [1.82, 2.24) is 14.9 Å². The molecule has 1 aromatic carbocycles. The van der Waals surface area contributed by atoms with Crippen LogP contribution in [0.1, 0.15) is 29.6 Å². The standard InChI is InChI=1S/C18H23N3O3/c22-18(20-8-4-10-21-11-9-19-14-21)16-6-1-2-7-17(16)24-13-15-5-3-12-23-15/h1-2,6-7,9,11,14-15H,3-5,8,10,12-13H2,(H,20,22). The Labute approximate surface area is 141 Å². The van der Waals surface area contributed by atoms with E-state index < -0.39 is 0 Å². The highest BCUT2D eigenvalue weighted by molar-refractivity contribution is 5.96. The Morgan fingerprint density at radius 1 is 1.42 bits per heavy atom. The van der Waals surface area contributed by atoms with Crippen molar-refractivity contribution >= 4 is 5.91 Å². The number of nitrogens with zero attached hydrogens (tertiary/aromatic N) is 2. The monoisotopic (exact) mass is 329 g/mol. The van der Waals surface area contributed by atoms with E-state index >= 15 is 0 Å². The number of rotatable bonds is 8. The maximum absolute atomic E-state index is 12.4. The van der Waals surface area contributed by atoms with Crippen LogP contribution in [-0.2, 0) is 11.3 Å². The second-order valence-corrected chi connectivity index (χ2v) is 5.85. The molecule has 2 heterocycles. The molecule has 1 aromatic heterocycles. The molecule has 0 saturated carbocycles. The van der Waals surface area contributed by atoms with Gasteiger partial charge in [0.25, 0.3) is 5.91 Å². The fourth-order valence-electron chi connectivity index (χ4n) is 2.72. The van der Waals surface area contributed by atoms with Crippen molar-refractivity contribution in [2.75, 3.05) is 19.8 Å². The summed E-state index contributed by atoms with van der Waals surface area (Å²) in [5, 5.41) is 2.95. The molecule has 128 valence electrons. The van der Waals surface area contributed by atoms with Gasteiger partial charge in [-0.05, 0) is 31.4 Å². The van der Waals surface area contributed by atoms with E-state index in [2.05, 4.69) is 10.3 Å². The number of benzene rings is 1. The quantitative estimate of drug-likeness (QED) is 0.755. The average Bonchev–Trinajstić information content (AvgIpc) is 3.30. The largest absolute Gasteiger partial charge is 0.490 e. The summed E-state index contributed by atoms with van der Waals surface area (Å²) in [6, 6.07) is 7.34. The van der Waals surface area contributed by atoms with Crippen LogP contribution in [0.4, 0.5) is 0 Å². The number of hydrogen-bond acceptors (Lipinski definition) is 4. The first-order chi connectivity index (χ1) is 11.8. The lowest BCUT2D eigenvalue weighted by atomic mass is 10.2. The normalized spacial score (nSPS) is 16.9. The van der Waals surface area contributed by atoms with Gasteiger partial charge in [-0.3, -0.25) is 4.79 Å². The minimum atomic E-state index is -0.108. The molecule has 3 rings (SSSR count). The second kappa shape index (κ2) is 8.49. The Morgan fingerprint density at radius 2 is 2.33 bits per heavy atom. The van der Waals surface area contributed by atoms with Crippen molar-refractivity contribution in [1.29, 1.82) is 0 Å². The van der Waals surface area contributed by atoms with Crippen LogP contribution in [0.5, 0.6) is 5.75 Å². The summed E-state index contributed by atoms with van der Waals surface area (Å²) in [7, 11) is 0. The van der Waals surface area contributed by atoms with Gasteiger partial charge in [-0.15, -0.1) is 0 Å². The summed E-state index contributed by atoms with van der Waals surface area (Å²) in [5.41, 5.74) is 0.568. The van der Waals surface area contributed by atoms with E-state index in [0.29, 0.717) is 24.5 Å². The van der Waals surface area contributed by atoms with Crippen molar-refractivity contribution in [3.8, 4) is 5.75 Å². The summed E-state index contributed by atoms with van der Waals surface area (Å²) in [4.78, 5) is 16.4. The number of nitrogens with one attached hydrogen (secondary N) is 1. The summed E-state index contributed by atoms with van der Waals surface area (Å²) in [6.07, 6.45) is 8.51.